The molecule has 3 nitrogen and oxygen atoms in total. The summed E-state index contributed by atoms with van der Waals surface area (Å²) in [6.07, 6.45) is 2.18. The second-order valence-electron chi connectivity index (χ2n) is 5.32. The van der Waals surface area contributed by atoms with Crippen molar-refractivity contribution in [3.8, 4) is 0 Å². The van der Waals surface area contributed by atoms with E-state index in [1.165, 1.54) is 11.6 Å². The van der Waals surface area contributed by atoms with Crippen LogP contribution in [0.2, 0.25) is 0 Å². The zero-order chi connectivity index (χ0) is 14.8. The Morgan fingerprint density at radius 1 is 1.24 bits per heavy atom. The highest BCUT2D eigenvalue weighted by Gasteiger charge is 2.12. The number of benzene rings is 2. The molecule has 0 spiro atoms. The van der Waals surface area contributed by atoms with Gasteiger partial charge in [0.2, 0.25) is 0 Å². The number of halogens is 1. The molecule has 2 aromatic carbocycles. The molecule has 1 amide bonds. The molecule has 4 heteroatoms. The van der Waals surface area contributed by atoms with Crippen molar-refractivity contribution in [1.82, 2.24) is 0 Å². The Kier molecular flexibility index (Phi) is 3.60. The maximum Gasteiger partial charge on any atom is 0.255 e. The fourth-order valence-electron chi connectivity index (χ4n) is 2.48. The highest BCUT2D eigenvalue weighted by atomic mass is 19.1. The third kappa shape index (κ3) is 2.89. The lowest BCUT2D eigenvalue weighted by atomic mass is 10.0. The van der Waals surface area contributed by atoms with Crippen LogP contribution in [-0.2, 0) is 6.42 Å². The molecule has 0 radical (unpaired) electrons. The molecule has 0 saturated carbocycles. The molecule has 0 aromatic heterocycles. The Morgan fingerprint density at radius 2 is 2.10 bits per heavy atom. The number of carbonyl (C=O) groups excluding carboxylic acids is 1. The van der Waals surface area contributed by atoms with E-state index in [4.69, 9.17) is 0 Å². The first-order valence-corrected chi connectivity index (χ1v) is 7.08. The number of hydrogen-bond acceptors (Lipinski definition) is 2. The molecule has 21 heavy (non-hydrogen) atoms. The minimum Gasteiger partial charge on any atom is -0.385 e. The molecular weight excluding hydrogens is 267 g/mol. The first-order chi connectivity index (χ1) is 10.1. The van der Waals surface area contributed by atoms with Gasteiger partial charge in [-0.25, -0.2) is 4.39 Å². The van der Waals surface area contributed by atoms with Crippen molar-refractivity contribution in [2.45, 2.75) is 19.8 Å². The minimum atomic E-state index is -0.366. The third-order valence-corrected chi connectivity index (χ3v) is 3.74. The molecule has 0 atom stereocenters. The monoisotopic (exact) mass is 284 g/mol. The Balaban J connectivity index is 1.79. The summed E-state index contributed by atoms with van der Waals surface area (Å²) in [4.78, 5) is 12.1. The topological polar surface area (TPSA) is 41.1 Å². The number of rotatable bonds is 2. The number of fused-ring (bicyclic) bond motifs is 1. The van der Waals surface area contributed by atoms with Crippen molar-refractivity contribution < 1.29 is 9.18 Å². The smallest absolute Gasteiger partial charge is 0.255 e. The molecule has 2 aromatic rings. The van der Waals surface area contributed by atoms with Crippen LogP contribution in [0.15, 0.2) is 36.4 Å². The quantitative estimate of drug-likeness (QED) is 0.882. The maximum atomic E-state index is 13.5. The lowest BCUT2D eigenvalue weighted by Crippen LogP contribution is -2.15. The van der Waals surface area contributed by atoms with Gasteiger partial charge < -0.3 is 10.6 Å². The van der Waals surface area contributed by atoms with Gasteiger partial charge in [0.25, 0.3) is 5.91 Å². The molecule has 0 saturated heterocycles. The van der Waals surface area contributed by atoms with Crippen LogP contribution in [0.1, 0.15) is 27.9 Å². The molecule has 2 N–H and O–H groups in total. The normalized spacial score (nSPS) is 13.2. The molecule has 1 aliphatic heterocycles. The van der Waals surface area contributed by atoms with Crippen LogP contribution < -0.4 is 10.6 Å². The summed E-state index contributed by atoms with van der Waals surface area (Å²) in [6.45, 7) is 2.62. The molecule has 108 valence electrons. The molecule has 0 unspecified atom stereocenters. The van der Waals surface area contributed by atoms with Crippen LogP contribution in [0.4, 0.5) is 15.8 Å². The number of hydrogen-bond donors (Lipinski definition) is 2. The minimum absolute atomic E-state index is 0.301. The maximum absolute atomic E-state index is 13.5. The van der Waals surface area contributed by atoms with Gasteiger partial charge >= 0.3 is 0 Å². The molecule has 0 aliphatic carbocycles. The number of amides is 1. The zero-order valence-corrected chi connectivity index (χ0v) is 11.9. The lowest BCUT2D eigenvalue weighted by molar-refractivity contribution is 0.102. The van der Waals surface area contributed by atoms with Gasteiger partial charge in [0.05, 0.1) is 0 Å². The van der Waals surface area contributed by atoms with E-state index in [-0.39, 0.29) is 11.7 Å². The fourth-order valence-corrected chi connectivity index (χ4v) is 2.48. The summed E-state index contributed by atoms with van der Waals surface area (Å²) in [6, 6.07) is 10.3. The Labute approximate surface area is 123 Å². The van der Waals surface area contributed by atoms with E-state index >= 15 is 0 Å². The van der Waals surface area contributed by atoms with Gasteiger partial charge in [0.1, 0.15) is 5.82 Å². The Bertz CT molecular complexity index is 697. The molecule has 0 bridgehead atoms. The number of aryl methyl sites for hydroxylation is 2. The van der Waals surface area contributed by atoms with Gasteiger partial charge in [0, 0.05) is 23.5 Å². The van der Waals surface area contributed by atoms with E-state index in [1.54, 1.807) is 19.1 Å². The van der Waals surface area contributed by atoms with Crippen LogP contribution in [0, 0.1) is 12.7 Å². The van der Waals surface area contributed by atoms with Gasteiger partial charge in [-0.05, 0) is 55.2 Å². The predicted molar refractivity (Wildman–Crippen MR) is 82.3 cm³/mol. The summed E-state index contributed by atoms with van der Waals surface area (Å²) >= 11 is 0. The van der Waals surface area contributed by atoms with Crippen LogP contribution in [0.25, 0.3) is 0 Å². The number of carbonyl (C=O) groups is 1. The van der Waals surface area contributed by atoms with Crippen LogP contribution in [-0.4, -0.2) is 12.5 Å². The van der Waals surface area contributed by atoms with E-state index in [0.29, 0.717) is 16.8 Å². The molecule has 1 heterocycles. The predicted octanol–water partition coefficient (Wildman–Crippen LogP) is 3.74. The molecule has 3 rings (SSSR count). The number of anilines is 2. The van der Waals surface area contributed by atoms with E-state index in [0.717, 1.165) is 25.1 Å². The zero-order valence-electron chi connectivity index (χ0n) is 11.9. The van der Waals surface area contributed by atoms with E-state index in [2.05, 4.69) is 10.6 Å². The van der Waals surface area contributed by atoms with E-state index in [1.807, 2.05) is 18.2 Å². The second kappa shape index (κ2) is 5.56. The summed E-state index contributed by atoms with van der Waals surface area (Å²) in [5.74, 6) is -0.667. The highest BCUT2D eigenvalue weighted by Crippen LogP contribution is 2.25. The van der Waals surface area contributed by atoms with Gasteiger partial charge in [0.15, 0.2) is 0 Å². The summed E-state index contributed by atoms with van der Waals surface area (Å²) in [7, 11) is 0. The fraction of sp³-hybridized carbons (Fsp3) is 0.235. The summed E-state index contributed by atoms with van der Waals surface area (Å²) < 4.78 is 13.5. The van der Waals surface area contributed by atoms with Crippen molar-refractivity contribution in [2.75, 3.05) is 17.2 Å². The summed E-state index contributed by atoms with van der Waals surface area (Å²) in [5, 5.41) is 6.13. The van der Waals surface area contributed by atoms with Crippen molar-refractivity contribution in [2.24, 2.45) is 0 Å². The standard InChI is InChI=1S/C17H17FN2O/c1-11-4-5-13(9-15(11)18)17(21)20-14-7-6-12-3-2-8-19-16(12)10-14/h4-7,9-10,19H,2-3,8H2,1H3,(H,20,21). The van der Waals surface area contributed by atoms with Crippen LogP contribution >= 0.6 is 0 Å². The first-order valence-electron chi connectivity index (χ1n) is 7.08. The third-order valence-electron chi connectivity index (χ3n) is 3.74. The first kappa shape index (κ1) is 13.6. The lowest BCUT2D eigenvalue weighted by Gasteiger charge is -2.18. The molecule has 1 aliphatic rings. The van der Waals surface area contributed by atoms with Crippen molar-refractivity contribution in [3.63, 3.8) is 0 Å². The average molecular weight is 284 g/mol. The Morgan fingerprint density at radius 3 is 2.90 bits per heavy atom. The second-order valence-corrected chi connectivity index (χ2v) is 5.32. The SMILES string of the molecule is Cc1ccc(C(=O)Nc2ccc3c(c2)NCCC3)cc1F. The van der Waals surface area contributed by atoms with Crippen LogP contribution in [0.5, 0.6) is 0 Å². The summed E-state index contributed by atoms with van der Waals surface area (Å²) in [5.41, 5.74) is 3.90. The molecule has 0 fully saturated rings. The number of nitrogens with one attached hydrogen (secondary N) is 2. The highest BCUT2D eigenvalue weighted by molar-refractivity contribution is 6.04. The van der Waals surface area contributed by atoms with Gasteiger partial charge in [-0.3, -0.25) is 4.79 Å². The molecular formula is C17H17FN2O. The van der Waals surface area contributed by atoms with Gasteiger partial charge in [-0.15, -0.1) is 0 Å². The largest absolute Gasteiger partial charge is 0.385 e. The van der Waals surface area contributed by atoms with Gasteiger partial charge in [-0.2, -0.15) is 0 Å². The average Bonchev–Trinajstić information content (AvgIpc) is 2.50. The van der Waals surface area contributed by atoms with Crippen molar-refractivity contribution in [3.05, 3.63) is 58.9 Å². The van der Waals surface area contributed by atoms with Crippen LogP contribution in [0.3, 0.4) is 0 Å². The van der Waals surface area contributed by atoms with Crippen molar-refractivity contribution >= 4 is 17.3 Å². The van der Waals surface area contributed by atoms with Gasteiger partial charge in [-0.1, -0.05) is 12.1 Å². The Hall–Kier alpha value is -2.36. The van der Waals surface area contributed by atoms with E-state index in [9.17, 15) is 9.18 Å². The van der Waals surface area contributed by atoms with Crippen molar-refractivity contribution in [1.29, 1.82) is 0 Å². The van der Waals surface area contributed by atoms with E-state index < -0.39 is 0 Å².